The van der Waals surface area contributed by atoms with Gasteiger partial charge in [0.05, 0.1) is 0 Å². The molecule has 0 saturated carbocycles. The molecule has 0 aromatic carbocycles. The van der Waals surface area contributed by atoms with E-state index in [1.54, 1.807) is 36.0 Å². The van der Waals surface area contributed by atoms with E-state index in [4.69, 9.17) is 0 Å². The van der Waals surface area contributed by atoms with Crippen molar-refractivity contribution in [1.29, 1.82) is 0 Å². The van der Waals surface area contributed by atoms with Crippen LogP contribution in [0.25, 0.3) is 5.69 Å². The minimum Gasteiger partial charge on any atom is -0.358 e. The first-order valence-corrected chi connectivity index (χ1v) is 4.30. The van der Waals surface area contributed by atoms with Crippen LogP contribution in [0.5, 0.6) is 0 Å². The summed E-state index contributed by atoms with van der Waals surface area (Å²) in [5, 5.41) is 10.7. The molecule has 0 aliphatic carbocycles. The summed E-state index contributed by atoms with van der Waals surface area (Å²) >= 11 is 0. The lowest BCUT2D eigenvalue weighted by Crippen LogP contribution is -2.02. The van der Waals surface area contributed by atoms with E-state index in [9.17, 15) is 10.1 Å². The molecule has 2 heterocycles. The van der Waals surface area contributed by atoms with Gasteiger partial charge in [-0.1, -0.05) is 0 Å². The number of aryl methyl sites for hydroxylation is 1. The number of rotatable bonds is 2. The number of hydrogen-bond acceptors (Lipinski definition) is 4. The average Bonchev–Trinajstić information content (AvgIpc) is 2.64. The fourth-order valence-electron chi connectivity index (χ4n) is 1.35. The van der Waals surface area contributed by atoms with Crippen molar-refractivity contribution in [1.82, 2.24) is 14.5 Å². The van der Waals surface area contributed by atoms with Crippen molar-refractivity contribution in [2.75, 3.05) is 0 Å². The van der Waals surface area contributed by atoms with Crippen LogP contribution >= 0.6 is 0 Å². The highest BCUT2D eigenvalue weighted by Crippen LogP contribution is 2.19. The average molecular weight is 204 g/mol. The lowest BCUT2D eigenvalue weighted by molar-refractivity contribution is -0.389. The highest BCUT2D eigenvalue weighted by Gasteiger charge is 2.16. The van der Waals surface area contributed by atoms with Gasteiger partial charge in [-0.05, 0) is 29.0 Å². The predicted octanol–water partition coefficient (Wildman–Crippen LogP) is 1.48. The van der Waals surface area contributed by atoms with Crippen LogP contribution in [0.3, 0.4) is 0 Å². The molecule has 0 aliphatic rings. The molecule has 2 aromatic rings. The summed E-state index contributed by atoms with van der Waals surface area (Å²) in [5.74, 6) is 0.518. The molecule has 0 saturated heterocycles. The first kappa shape index (κ1) is 9.32. The van der Waals surface area contributed by atoms with Crippen LogP contribution in [-0.2, 0) is 0 Å². The second-order valence-corrected chi connectivity index (χ2v) is 2.95. The molecular formula is C9H8N4O2. The van der Waals surface area contributed by atoms with E-state index in [0.717, 1.165) is 0 Å². The standard InChI is InChI=1S/C9H8N4O2/c1-7-10-5-6-12(7)8-3-2-4-11-9(8)13(14)15/h2-6H,1H3. The van der Waals surface area contributed by atoms with Crippen molar-refractivity contribution in [3.05, 3.63) is 46.7 Å². The van der Waals surface area contributed by atoms with Crippen LogP contribution in [0.15, 0.2) is 30.7 Å². The van der Waals surface area contributed by atoms with Crippen LogP contribution in [0, 0.1) is 17.0 Å². The third-order valence-electron chi connectivity index (χ3n) is 2.02. The molecule has 0 atom stereocenters. The van der Waals surface area contributed by atoms with Gasteiger partial charge < -0.3 is 10.1 Å². The van der Waals surface area contributed by atoms with Gasteiger partial charge in [0, 0.05) is 12.4 Å². The molecule has 2 rings (SSSR count). The molecular weight excluding hydrogens is 196 g/mol. The van der Waals surface area contributed by atoms with Crippen LogP contribution in [-0.4, -0.2) is 19.5 Å². The second kappa shape index (κ2) is 3.49. The van der Waals surface area contributed by atoms with Crippen molar-refractivity contribution in [3.8, 4) is 5.69 Å². The van der Waals surface area contributed by atoms with E-state index in [1.165, 1.54) is 6.20 Å². The fraction of sp³-hybridized carbons (Fsp3) is 0.111. The molecule has 76 valence electrons. The smallest absolute Gasteiger partial charge is 0.358 e. The van der Waals surface area contributed by atoms with Crippen LogP contribution in [0.2, 0.25) is 0 Å². The topological polar surface area (TPSA) is 73.8 Å². The Morgan fingerprint density at radius 2 is 2.20 bits per heavy atom. The first-order valence-electron chi connectivity index (χ1n) is 4.30. The molecule has 0 fully saturated rings. The SMILES string of the molecule is Cc1nccn1-c1cccnc1[N+](=O)[O-]. The van der Waals surface area contributed by atoms with Gasteiger partial charge in [-0.15, -0.1) is 0 Å². The van der Waals surface area contributed by atoms with Crippen molar-refractivity contribution < 1.29 is 4.92 Å². The van der Waals surface area contributed by atoms with E-state index < -0.39 is 4.92 Å². The minimum absolute atomic E-state index is 0.168. The van der Waals surface area contributed by atoms with Crippen molar-refractivity contribution >= 4 is 5.82 Å². The van der Waals surface area contributed by atoms with E-state index in [0.29, 0.717) is 11.5 Å². The molecule has 0 radical (unpaired) electrons. The van der Waals surface area contributed by atoms with Gasteiger partial charge in [-0.25, -0.2) is 4.98 Å². The molecule has 2 aromatic heterocycles. The Balaban J connectivity index is 2.63. The van der Waals surface area contributed by atoms with Gasteiger partial charge in [-0.2, -0.15) is 0 Å². The van der Waals surface area contributed by atoms with E-state index >= 15 is 0 Å². The zero-order chi connectivity index (χ0) is 10.8. The summed E-state index contributed by atoms with van der Waals surface area (Å²) in [7, 11) is 0. The van der Waals surface area contributed by atoms with Gasteiger partial charge in [-0.3, -0.25) is 4.57 Å². The number of hydrogen-bond donors (Lipinski definition) is 0. The molecule has 0 aliphatic heterocycles. The Morgan fingerprint density at radius 1 is 1.40 bits per heavy atom. The second-order valence-electron chi connectivity index (χ2n) is 2.95. The van der Waals surface area contributed by atoms with Gasteiger partial charge in [0.25, 0.3) is 0 Å². The maximum Gasteiger partial charge on any atom is 0.387 e. The number of aromatic nitrogens is 3. The van der Waals surface area contributed by atoms with Gasteiger partial charge in [0.15, 0.2) is 0 Å². The normalized spacial score (nSPS) is 10.2. The Kier molecular flexibility index (Phi) is 2.17. The fourth-order valence-corrected chi connectivity index (χ4v) is 1.35. The van der Waals surface area contributed by atoms with Gasteiger partial charge >= 0.3 is 5.82 Å². The molecule has 15 heavy (non-hydrogen) atoms. The Labute approximate surface area is 85.4 Å². The Hall–Kier alpha value is -2.24. The molecule has 6 nitrogen and oxygen atoms in total. The van der Waals surface area contributed by atoms with E-state index in [1.807, 2.05) is 0 Å². The summed E-state index contributed by atoms with van der Waals surface area (Å²) in [6, 6.07) is 3.29. The van der Waals surface area contributed by atoms with Crippen molar-refractivity contribution in [3.63, 3.8) is 0 Å². The Morgan fingerprint density at radius 3 is 2.80 bits per heavy atom. The molecule has 0 unspecified atom stereocenters. The molecule has 0 bridgehead atoms. The largest absolute Gasteiger partial charge is 0.387 e. The zero-order valence-electron chi connectivity index (χ0n) is 7.99. The predicted molar refractivity (Wildman–Crippen MR) is 52.8 cm³/mol. The first-order chi connectivity index (χ1) is 7.20. The van der Waals surface area contributed by atoms with Crippen molar-refractivity contribution in [2.24, 2.45) is 0 Å². The lowest BCUT2D eigenvalue weighted by Gasteiger charge is -2.04. The number of pyridine rings is 1. The van der Waals surface area contributed by atoms with Crippen LogP contribution in [0.1, 0.15) is 5.82 Å². The highest BCUT2D eigenvalue weighted by atomic mass is 16.6. The molecule has 0 amide bonds. The van der Waals surface area contributed by atoms with E-state index in [-0.39, 0.29) is 5.82 Å². The Bertz CT molecular complexity index is 506. The zero-order valence-corrected chi connectivity index (χ0v) is 7.99. The maximum atomic E-state index is 10.7. The van der Waals surface area contributed by atoms with E-state index in [2.05, 4.69) is 9.97 Å². The van der Waals surface area contributed by atoms with Gasteiger partial charge in [0.2, 0.25) is 0 Å². The number of imidazole rings is 1. The molecule has 0 N–H and O–H groups in total. The highest BCUT2D eigenvalue weighted by molar-refractivity contribution is 5.47. The van der Waals surface area contributed by atoms with Crippen LogP contribution in [0.4, 0.5) is 5.82 Å². The lowest BCUT2D eigenvalue weighted by atomic mass is 10.4. The molecule has 6 heteroatoms. The van der Waals surface area contributed by atoms with Crippen molar-refractivity contribution in [2.45, 2.75) is 6.92 Å². The third-order valence-corrected chi connectivity index (χ3v) is 2.02. The summed E-state index contributed by atoms with van der Waals surface area (Å²) < 4.78 is 1.63. The summed E-state index contributed by atoms with van der Waals surface area (Å²) in [4.78, 5) is 18.0. The maximum absolute atomic E-state index is 10.7. The summed E-state index contributed by atoms with van der Waals surface area (Å²) in [6.07, 6.45) is 4.65. The molecule has 0 spiro atoms. The third kappa shape index (κ3) is 1.56. The summed E-state index contributed by atoms with van der Waals surface area (Å²) in [6.45, 7) is 1.77. The van der Waals surface area contributed by atoms with Crippen LogP contribution < -0.4 is 0 Å². The monoisotopic (exact) mass is 204 g/mol. The number of nitrogens with zero attached hydrogens (tertiary/aromatic N) is 4. The number of nitro groups is 1. The quantitative estimate of drug-likeness (QED) is 0.548. The minimum atomic E-state index is -0.505. The summed E-state index contributed by atoms with van der Waals surface area (Å²) in [5.41, 5.74) is 0.428. The van der Waals surface area contributed by atoms with Gasteiger partial charge in [0.1, 0.15) is 17.7 Å².